The van der Waals surface area contributed by atoms with Crippen LogP contribution in [0.5, 0.6) is 0 Å². The molecule has 0 bridgehead atoms. The monoisotopic (exact) mass is 450 g/mol. The summed E-state index contributed by atoms with van der Waals surface area (Å²) < 4.78 is 1.88. The molecule has 0 aromatic carbocycles. The summed E-state index contributed by atoms with van der Waals surface area (Å²) >= 11 is 1.87. The quantitative estimate of drug-likeness (QED) is 0.475. The van der Waals surface area contributed by atoms with Crippen molar-refractivity contribution in [1.29, 1.82) is 0 Å². The first kappa shape index (κ1) is 21.2. The van der Waals surface area contributed by atoms with Crippen molar-refractivity contribution in [2.75, 3.05) is 19.6 Å². The van der Waals surface area contributed by atoms with Crippen molar-refractivity contribution in [2.24, 2.45) is 5.73 Å². The van der Waals surface area contributed by atoms with Crippen molar-refractivity contribution in [2.45, 2.75) is 52.9 Å². The standard InChI is InChI=1S/C24H30N6OS/c1-12(2)19-20-15(5)22(16-6-7-29(8-16)10-18(25)31)32-24(20)28-21(19)17-9-30-23(26-11-27-30)14(4)13(17)3/h9,11-12,16,28H,6-8,10H2,1-5H3,(H2,25,31)/t16-/m1/s1. The number of pyridine rings is 1. The van der Waals surface area contributed by atoms with Crippen LogP contribution < -0.4 is 5.73 Å². The molecule has 0 spiro atoms. The number of nitrogens with one attached hydrogen (secondary N) is 1. The lowest BCUT2D eigenvalue weighted by Gasteiger charge is -2.15. The summed E-state index contributed by atoms with van der Waals surface area (Å²) in [6.45, 7) is 13.3. The van der Waals surface area contributed by atoms with Gasteiger partial charge in [0.25, 0.3) is 0 Å². The van der Waals surface area contributed by atoms with E-state index in [0.717, 1.165) is 30.7 Å². The van der Waals surface area contributed by atoms with Gasteiger partial charge >= 0.3 is 0 Å². The number of nitrogens with zero attached hydrogens (tertiary/aromatic N) is 4. The molecule has 32 heavy (non-hydrogen) atoms. The maximum Gasteiger partial charge on any atom is 0.231 e. The summed E-state index contributed by atoms with van der Waals surface area (Å²) in [6.07, 6.45) is 4.78. The lowest BCUT2D eigenvalue weighted by Crippen LogP contribution is -2.31. The molecule has 1 aliphatic heterocycles. The highest BCUT2D eigenvalue weighted by molar-refractivity contribution is 7.19. The molecule has 1 atom stereocenters. The molecule has 0 aliphatic carbocycles. The molecule has 1 saturated heterocycles. The van der Waals surface area contributed by atoms with E-state index in [2.05, 4.69) is 60.8 Å². The number of carbonyl (C=O) groups excluding carboxylic acids is 1. The van der Waals surface area contributed by atoms with Crippen LogP contribution in [0.1, 0.15) is 59.2 Å². The Morgan fingerprint density at radius 1 is 1.28 bits per heavy atom. The number of rotatable bonds is 5. The number of H-pyrrole nitrogens is 1. The Balaban J connectivity index is 1.62. The third-order valence-electron chi connectivity index (χ3n) is 6.96. The molecule has 7 nitrogen and oxygen atoms in total. The van der Waals surface area contributed by atoms with Gasteiger partial charge in [-0.2, -0.15) is 5.10 Å². The second-order valence-electron chi connectivity index (χ2n) is 9.37. The Labute approximate surface area is 191 Å². The first-order valence-corrected chi connectivity index (χ1v) is 12.0. The van der Waals surface area contributed by atoms with Crippen LogP contribution in [0.2, 0.25) is 0 Å². The number of aryl methyl sites for hydroxylation is 2. The minimum absolute atomic E-state index is 0.248. The number of thiophene rings is 1. The average molecular weight is 451 g/mol. The number of aromatic amines is 1. The van der Waals surface area contributed by atoms with Gasteiger partial charge in [0.1, 0.15) is 11.2 Å². The molecule has 1 aliphatic rings. The Morgan fingerprint density at radius 3 is 2.78 bits per heavy atom. The van der Waals surface area contributed by atoms with Gasteiger partial charge in [0, 0.05) is 34.5 Å². The number of fused-ring (bicyclic) bond motifs is 2. The smallest absolute Gasteiger partial charge is 0.231 e. The molecule has 8 heteroatoms. The zero-order valence-electron chi connectivity index (χ0n) is 19.3. The molecule has 5 rings (SSSR count). The van der Waals surface area contributed by atoms with Crippen LogP contribution >= 0.6 is 11.3 Å². The van der Waals surface area contributed by atoms with E-state index in [9.17, 15) is 4.79 Å². The first-order chi connectivity index (χ1) is 15.3. The van der Waals surface area contributed by atoms with E-state index >= 15 is 0 Å². The van der Waals surface area contributed by atoms with E-state index in [1.165, 1.54) is 43.0 Å². The van der Waals surface area contributed by atoms with Gasteiger partial charge in [0.15, 0.2) is 5.65 Å². The van der Waals surface area contributed by atoms with E-state index in [4.69, 9.17) is 5.73 Å². The number of amides is 1. The fourth-order valence-corrected chi connectivity index (χ4v) is 6.65. The molecule has 0 radical (unpaired) electrons. The largest absolute Gasteiger partial charge is 0.369 e. The molecule has 4 aromatic rings. The highest BCUT2D eigenvalue weighted by atomic mass is 32.1. The topological polar surface area (TPSA) is 92.3 Å². The Kier molecular flexibility index (Phi) is 5.09. The first-order valence-electron chi connectivity index (χ1n) is 11.2. The SMILES string of the molecule is Cc1c(-c2[nH]c3sc([C@@H]4CCN(CC(N)=O)C4)c(C)c3c2C(C)C)cn2ncnc2c1C. The maximum absolute atomic E-state index is 11.3. The van der Waals surface area contributed by atoms with Crippen LogP contribution in [0.3, 0.4) is 0 Å². The molecule has 3 N–H and O–H groups in total. The third kappa shape index (κ3) is 3.24. The molecule has 0 unspecified atom stereocenters. The van der Waals surface area contributed by atoms with Crippen LogP contribution in [-0.2, 0) is 4.79 Å². The van der Waals surface area contributed by atoms with Gasteiger partial charge in [-0.3, -0.25) is 9.69 Å². The van der Waals surface area contributed by atoms with E-state index in [1.807, 2.05) is 15.9 Å². The van der Waals surface area contributed by atoms with Gasteiger partial charge < -0.3 is 10.7 Å². The molecule has 168 valence electrons. The number of hydrogen-bond acceptors (Lipinski definition) is 5. The Hall–Kier alpha value is -2.71. The number of primary amides is 1. The van der Waals surface area contributed by atoms with Crippen molar-refractivity contribution in [1.82, 2.24) is 24.5 Å². The number of nitrogens with two attached hydrogens (primary N) is 1. The highest BCUT2D eigenvalue weighted by Crippen LogP contribution is 2.46. The second-order valence-corrected chi connectivity index (χ2v) is 10.4. The van der Waals surface area contributed by atoms with Gasteiger partial charge in [-0.1, -0.05) is 13.8 Å². The Bertz CT molecular complexity index is 1340. The fraction of sp³-hybridized carbons (Fsp3) is 0.458. The second kappa shape index (κ2) is 7.71. The zero-order chi connectivity index (χ0) is 22.7. The minimum Gasteiger partial charge on any atom is -0.369 e. The summed E-state index contributed by atoms with van der Waals surface area (Å²) in [5.41, 5.74) is 13.8. The highest BCUT2D eigenvalue weighted by Gasteiger charge is 2.30. The van der Waals surface area contributed by atoms with Crippen LogP contribution in [0.25, 0.3) is 27.1 Å². The zero-order valence-corrected chi connectivity index (χ0v) is 20.1. The van der Waals surface area contributed by atoms with E-state index in [1.54, 1.807) is 6.33 Å². The van der Waals surface area contributed by atoms with Crippen molar-refractivity contribution >= 4 is 33.1 Å². The maximum atomic E-state index is 11.3. The summed E-state index contributed by atoms with van der Waals surface area (Å²) in [5.74, 6) is 0.586. The van der Waals surface area contributed by atoms with Gasteiger partial charge in [-0.15, -0.1) is 11.3 Å². The number of aromatic nitrogens is 4. The van der Waals surface area contributed by atoms with Crippen LogP contribution in [-0.4, -0.2) is 50.0 Å². The molecule has 0 saturated carbocycles. The number of carbonyl (C=O) groups is 1. The Morgan fingerprint density at radius 2 is 2.06 bits per heavy atom. The van der Waals surface area contributed by atoms with Gasteiger partial charge in [-0.25, -0.2) is 9.50 Å². The summed E-state index contributed by atoms with van der Waals surface area (Å²) in [6, 6.07) is 0. The van der Waals surface area contributed by atoms with Gasteiger partial charge in [0.2, 0.25) is 5.91 Å². The molecular formula is C24H30N6OS. The van der Waals surface area contributed by atoms with E-state index in [0.29, 0.717) is 18.4 Å². The fourth-order valence-electron chi connectivity index (χ4n) is 5.29. The van der Waals surface area contributed by atoms with Crippen molar-refractivity contribution < 1.29 is 4.79 Å². The number of hydrogen-bond donors (Lipinski definition) is 2. The molecule has 5 heterocycles. The minimum atomic E-state index is -0.248. The lowest BCUT2D eigenvalue weighted by atomic mass is 9.92. The molecule has 1 fully saturated rings. The molecule has 1 amide bonds. The summed E-state index contributed by atoms with van der Waals surface area (Å²) in [7, 11) is 0. The van der Waals surface area contributed by atoms with Gasteiger partial charge in [0.05, 0.1) is 12.2 Å². The van der Waals surface area contributed by atoms with Crippen molar-refractivity contribution in [3.63, 3.8) is 0 Å². The van der Waals surface area contributed by atoms with Crippen LogP contribution in [0.4, 0.5) is 0 Å². The third-order valence-corrected chi connectivity index (χ3v) is 8.33. The average Bonchev–Trinajstić information content (AvgIpc) is 3.48. The lowest BCUT2D eigenvalue weighted by molar-refractivity contribution is -0.118. The summed E-state index contributed by atoms with van der Waals surface area (Å²) in [4.78, 5) is 24.4. The van der Waals surface area contributed by atoms with Crippen molar-refractivity contribution in [3.8, 4) is 11.3 Å². The van der Waals surface area contributed by atoms with Crippen LogP contribution in [0, 0.1) is 20.8 Å². The number of likely N-dealkylation sites (tertiary alicyclic amines) is 1. The molecular weight excluding hydrogens is 420 g/mol. The predicted molar refractivity (Wildman–Crippen MR) is 129 cm³/mol. The van der Waals surface area contributed by atoms with Crippen LogP contribution in [0.15, 0.2) is 12.5 Å². The predicted octanol–water partition coefficient (Wildman–Crippen LogP) is 4.26. The van der Waals surface area contributed by atoms with E-state index in [-0.39, 0.29) is 5.91 Å². The van der Waals surface area contributed by atoms with E-state index < -0.39 is 0 Å². The molecule has 4 aromatic heterocycles. The normalized spacial score (nSPS) is 17.4. The van der Waals surface area contributed by atoms with Gasteiger partial charge in [-0.05, 0) is 61.9 Å². The van der Waals surface area contributed by atoms with Crippen molar-refractivity contribution in [3.05, 3.63) is 39.7 Å². The summed E-state index contributed by atoms with van der Waals surface area (Å²) in [5, 5.41) is 5.75.